The third-order valence-corrected chi connectivity index (χ3v) is 22.5. The Hall–Kier alpha value is -10.4. The maximum Gasteiger partial charge on any atom is 0.252 e. The van der Waals surface area contributed by atoms with Crippen molar-refractivity contribution in [3.05, 3.63) is 292 Å². The Bertz CT molecular complexity index is 6160. The monoisotopic (exact) mass is 1320 g/mol. The Morgan fingerprint density at radius 3 is 1.65 bits per heavy atom. The summed E-state index contributed by atoms with van der Waals surface area (Å²) in [6, 6.07) is 89.9. The lowest BCUT2D eigenvalue weighted by atomic mass is 9.33. The summed E-state index contributed by atoms with van der Waals surface area (Å²) in [4.78, 5) is 4.82. The van der Waals surface area contributed by atoms with Gasteiger partial charge in [-0.25, -0.2) is 0 Å². The van der Waals surface area contributed by atoms with Gasteiger partial charge in [0.25, 0.3) is 6.71 Å². The lowest BCUT2D eigenvalue weighted by molar-refractivity contribution is 0.590. The zero-order chi connectivity index (χ0) is 67.5. The summed E-state index contributed by atoms with van der Waals surface area (Å²) in [6.07, 6.45) is 0. The van der Waals surface area contributed by atoms with Crippen molar-refractivity contribution in [2.45, 2.75) is 90.9 Å². The van der Waals surface area contributed by atoms with Gasteiger partial charge < -0.3 is 27.8 Å². The molecule has 0 saturated heterocycles. The lowest BCUT2D eigenvalue weighted by Crippen LogP contribution is -2.60. The molecule has 0 N–H and O–H groups in total. The molecule has 4 aliphatic rings. The molecule has 12 aromatic carbocycles. The van der Waals surface area contributed by atoms with Crippen LogP contribution < -0.4 is 26.2 Å². The Kier molecular flexibility index (Phi) is 12.7. The van der Waals surface area contributed by atoms with Crippen LogP contribution in [0.1, 0.15) is 103 Å². The van der Waals surface area contributed by atoms with Crippen molar-refractivity contribution in [2.24, 2.45) is 0 Å². The van der Waals surface area contributed by atoms with Gasteiger partial charge in [-0.1, -0.05) is 238 Å². The number of hydrogen-bond acceptors (Lipinski definition) is 4. The van der Waals surface area contributed by atoms with E-state index in [4.69, 9.17) is 32.0 Å². The van der Waals surface area contributed by atoms with Gasteiger partial charge >= 0.3 is 0 Å². The molecule has 0 unspecified atom stereocenters. The number of fused-ring (bicyclic) bond motifs is 20. The fraction of sp³-hybridized carbons (Fsp3) is 0.156. The SMILES string of the molecule is CC(C)(C)c1cc(N(c2cccc(Cl)c2)c2cccc3oc4ccccc4c23)cc(-n2c3c(c4ccccc42)C(C)(C)c2ccccc2-3)c1.CC(C)(C)c1cc2c3c(c1)-n1c4c(c5cccc(c51)B3c1ccc(Cl)cc1N2c1cccc2oc3ccccc3c12)C(C)(C)c1ccccc1-4. The van der Waals surface area contributed by atoms with Gasteiger partial charge in [-0.2, -0.15) is 0 Å². The first-order valence-electron chi connectivity index (χ1n) is 34.6. The van der Waals surface area contributed by atoms with Crippen LogP contribution >= 0.6 is 23.2 Å². The van der Waals surface area contributed by atoms with Crippen LogP contribution in [0.2, 0.25) is 10.0 Å². The first-order chi connectivity index (χ1) is 47.7. The molecule has 0 amide bonds. The second-order valence-corrected chi connectivity index (χ2v) is 31.5. The van der Waals surface area contributed by atoms with Crippen molar-refractivity contribution in [2.75, 3.05) is 9.80 Å². The fourth-order valence-electron chi connectivity index (χ4n) is 17.6. The number of benzene rings is 12. The van der Waals surface area contributed by atoms with Crippen molar-refractivity contribution < 1.29 is 8.83 Å². The average molecular weight is 1320 g/mol. The largest absolute Gasteiger partial charge is 0.456 e. The highest BCUT2D eigenvalue weighted by Crippen LogP contribution is 2.57. The molecule has 0 bridgehead atoms. The molecular weight excluding hydrogens is 1250 g/mol. The maximum atomic E-state index is 6.93. The Labute approximate surface area is 587 Å². The van der Waals surface area contributed by atoms with Crippen LogP contribution in [0.4, 0.5) is 34.1 Å². The van der Waals surface area contributed by atoms with Gasteiger partial charge in [0, 0.05) is 93.2 Å². The molecular formula is C90H71BCl2N4O2. The van der Waals surface area contributed by atoms with E-state index in [-0.39, 0.29) is 28.4 Å². The summed E-state index contributed by atoms with van der Waals surface area (Å²) >= 11 is 13.7. The first kappa shape index (κ1) is 59.8. The van der Waals surface area contributed by atoms with Crippen LogP contribution in [0.5, 0.6) is 0 Å². The molecule has 99 heavy (non-hydrogen) atoms. The standard InChI is InChI=1S/C45H34BClN2O.C45H37ClN2O/c1-44(2,3)25-22-35-41-36(23-25)49-42-29(40-43(49)27-12-6-8-15-30(27)45(40,4)5)14-10-16-32(42)46(41)31-21-20-26(47)24-34(31)48(35)33-17-11-19-38-39(33)28-13-7-9-18-37(28)50-38;1-44(2,3)28-24-31(47(30-15-12-14-29(46)26-30)38-21-13-23-40-41(38)35-18-8-11-22-39(35)49-40)27-32(25-28)48-37-20-10-7-17-34(37)42-43(48)33-16-6-9-19-36(33)45(42,4)5/h6-24H,1-5H3;6-27H,1-5H3. The molecule has 2 aliphatic carbocycles. The quantitative estimate of drug-likeness (QED) is 0.161. The van der Waals surface area contributed by atoms with Gasteiger partial charge in [0.05, 0.1) is 39.1 Å². The van der Waals surface area contributed by atoms with Gasteiger partial charge in [-0.3, -0.25) is 0 Å². The van der Waals surface area contributed by atoms with E-state index >= 15 is 0 Å². The molecule has 9 heteroatoms. The average Bonchev–Trinajstić information content (AvgIpc) is 1.57. The van der Waals surface area contributed by atoms with Crippen molar-refractivity contribution in [3.8, 4) is 33.9 Å². The third-order valence-electron chi connectivity index (χ3n) is 22.1. The molecule has 0 saturated carbocycles. The lowest BCUT2D eigenvalue weighted by Gasteiger charge is -2.41. The Morgan fingerprint density at radius 2 is 0.949 bits per heavy atom. The van der Waals surface area contributed by atoms with Crippen molar-refractivity contribution in [1.82, 2.24) is 9.13 Å². The number of halogens is 2. The van der Waals surface area contributed by atoms with Crippen LogP contribution in [0, 0.1) is 0 Å². The van der Waals surface area contributed by atoms with Crippen molar-refractivity contribution in [1.29, 1.82) is 0 Å². The Morgan fingerprint density at radius 1 is 0.404 bits per heavy atom. The molecule has 6 nitrogen and oxygen atoms in total. The minimum atomic E-state index is -0.133. The molecule has 4 aromatic heterocycles. The van der Waals surface area contributed by atoms with Crippen LogP contribution in [-0.2, 0) is 21.7 Å². The van der Waals surface area contributed by atoms with Gasteiger partial charge in [0.2, 0.25) is 0 Å². The number of nitrogens with zero attached hydrogens (tertiary/aromatic N) is 4. The minimum absolute atomic E-state index is 0.0439. The minimum Gasteiger partial charge on any atom is -0.456 e. The predicted octanol–water partition coefficient (Wildman–Crippen LogP) is 23.7. The number of furan rings is 2. The molecule has 0 atom stereocenters. The highest BCUT2D eigenvalue weighted by Gasteiger charge is 2.48. The summed E-state index contributed by atoms with van der Waals surface area (Å²) in [6.45, 7) is 23.4. The summed E-state index contributed by atoms with van der Waals surface area (Å²) in [7, 11) is 0. The van der Waals surface area contributed by atoms with Gasteiger partial charge in [0.15, 0.2) is 0 Å². The van der Waals surface area contributed by atoms with Crippen LogP contribution in [0.15, 0.2) is 258 Å². The highest BCUT2D eigenvalue weighted by molar-refractivity contribution is 7.00. The molecule has 0 fully saturated rings. The van der Waals surface area contributed by atoms with Crippen molar-refractivity contribution >= 4 is 146 Å². The summed E-state index contributed by atoms with van der Waals surface area (Å²) in [5.41, 5.74) is 31.7. The van der Waals surface area contributed by atoms with Crippen LogP contribution in [0.25, 0.3) is 99.6 Å². The van der Waals surface area contributed by atoms with Crippen LogP contribution in [0.3, 0.4) is 0 Å². The molecule has 0 spiro atoms. The van der Waals surface area contributed by atoms with Gasteiger partial charge in [-0.15, -0.1) is 0 Å². The van der Waals surface area contributed by atoms with E-state index in [1.807, 2.05) is 36.4 Å². The molecule has 16 aromatic rings. The highest BCUT2D eigenvalue weighted by atomic mass is 35.5. The van der Waals surface area contributed by atoms with E-state index in [9.17, 15) is 0 Å². The number of aromatic nitrogens is 2. The summed E-state index contributed by atoms with van der Waals surface area (Å²) in [5.74, 6) is 0. The van der Waals surface area contributed by atoms with E-state index in [1.165, 1.54) is 105 Å². The first-order valence-corrected chi connectivity index (χ1v) is 35.3. The fourth-order valence-corrected chi connectivity index (χ4v) is 18.0. The number of hydrogen-bond donors (Lipinski definition) is 0. The summed E-state index contributed by atoms with van der Waals surface area (Å²) < 4.78 is 18.0. The molecule has 20 rings (SSSR count). The van der Waals surface area contributed by atoms with E-state index < -0.39 is 0 Å². The number of para-hydroxylation sites is 4. The molecule has 2 aliphatic heterocycles. The third kappa shape index (κ3) is 8.57. The molecule has 480 valence electrons. The normalized spacial score (nSPS) is 14.4. The zero-order valence-corrected chi connectivity index (χ0v) is 58.6. The maximum absolute atomic E-state index is 6.93. The van der Waals surface area contributed by atoms with E-state index in [2.05, 4.69) is 300 Å². The smallest absolute Gasteiger partial charge is 0.252 e. The second-order valence-electron chi connectivity index (χ2n) is 30.7. The van der Waals surface area contributed by atoms with E-state index in [0.29, 0.717) is 5.02 Å². The Balaban J connectivity index is 0.000000138. The number of anilines is 6. The number of rotatable bonds is 5. The zero-order valence-electron chi connectivity index (χ0n) is 57.1. The van der Waals surface area contributed by atoms with Gasteiger partial charge in [-0.05, 0) is 164 Å². The van der Waals surface area contributed by atoms with Crippen LogP contribution in [-0.4, -0.2) is 15.8 Å². The van der Waals surface area contributed by atoms with Crippen molar-refractivity contribution in [3.63, 3.8) is 0 Å². The van der Waals surface area contributed by atoms with E-state index in [0.717, 1.165) is 83.0 Å². The summed E-state index contributed by atoms with van der Waals surface area (Å²) in [5, 5.41) is 8.43. The van der Waals surface area contributed by atoms with E-state index in [1.54, 1.807) is 0 Å². The van der Waals surface area contributed by atoms with Gasteiger partial charge in [0.1, 0.15) is 22.3 Å². The predicted molar refractivity (Wildman–Crippen MR) is 418 cm³/mol. The second kappa shape index (κ2) is 21.0. The topological polar surface area (TPSA) is 42.6 Å². The molecule has 6 heterocycles. The molecule has 0 radical (unpaired) electrons.